The van der Waals surface area contributed by atoms with E-state index >= 15 is 0 Å². The number of guanidine groups is 1. The van der Waals surface area contributed by atoms with E-state index in [1.165, 1.54) is 5.69 Å². The van der Waals surface area contributed by atoms with Crippen LogP contribution in [0, 0.1) is 6.92 Å². The Balaban J connectivity index is 1.45. The summed E-state index contributed by atoms with van der Waals surface area (Å²) in [7, 11) is 0. The molecule has 7 nitrogen and oxygen atoms in total. The Bertz CT molecular complexity index is 1120. The number of aliphatic imine (C=N–C) groups is 1. The second-order valence-electron chi connectivity index (χ2n) is 7.60. The fraction of sp³-hybridized carbons (Fsp3) is 0.261. The molecule has 2 aliphatic heterocycles. The number of hydrogen-bond donors (Lipinski definition) is 1. The first-order chi connectivity index (χ1) is 14.7. The number of hydrogen-bond acceptors (Lipinski definition) is 6. The van der Waals surface area contributed by atoms with E-state index in [0.29, 0.717) is 11.6 Å². The van der Waals surface area contributed by atoms with Crippen molar-refractivity contribution in [1.82, 2.24) is 14.5 Å². The molecular formula is C23H24N6O. The highest BCUT2D eigenvalue weighted by atomic mass is 16.1. The van der Waals surface area contributed by atoms with Gasteiger partial charge in [-0.25, -0.2) is 9.98 Å². The van der Waals surface area contributed by atoms with Gasteiger partial charge in [0, 0.05) is 43.6 Å². The SMILES string of the molecule is Cc1cc(=O)n2c(n1)NC(N1CCN(c3ccccc3)CC1)=N[C@H]2c1ccccc1. The molecule has 7 heteroatoms. The first kappa shape index (κ1) is 18.4. The molecule has 0 radical (unpaired) electrons. The molecule has 0 spiro atoms. The average Bonchev–Trinajstić information content (AvgIpc) is 2.79. The van der Waals surface area contributed by atoms with E-state index in [0.717, 1.165) is 37.7 Å². The van der Waals surface area contributed by atoms with Gasteiger partial charge < -0.3 is 9.80 Å². The summed E-state index contributed by atoms with van der Waals surface area (Å²) < 4.78 is 1.63. The number of nitrogens with zero attached hydrogens (tertiary/aromatic N) is 5. The molecule has 0 bridgehead atoms. The van der Waals surface area contributed by atoms with Gasteiger partial charge in [-0.2, -0.15) is 0 Å². The lowest BCUT2D eigenvalue weighted by Crippen LogP contribution is -2.52. The third-order valence-electron chi connectivity index (χ3n) is 5.59. The van der Waals surface area contributed by atoms with E-state index < -0.39 is 6.17 Å². The van der Waals surface area contributed by atoms with Crippen LogP contribution in [-0.2, 0) is 0 Å². The van der Waals surface area contributed by atoms with Crippen LogP contribution in [0.2, 0.25) is 0 Å². The molecule has 152 valence electrons. The molecule has 3 aromatic rings. The lowest BCUT2D eigenvalue weighted by molar-refractivity contribution is 0.376. The van der Waals surface area contributed by atoms with Gasteiger partial charge in [0.2, 0.25) is 11.9 Å². The van der Waals surface area contributed by atoms with Gasteiger partial charge in [-0.05, 0) is 24.6 Å². The van der Waals surface area contributed by atoms with Crippen molar-refractivity contribution >= 4 is 17.6 Å². The van der Waals surface area contributed by atoms with Crippen molar-refractivity contribution in [2.24, 2.45) is 4.99 Å². The highest BCUT2D eigenvalue weighted by Crippen LogP contribution is 2.26. The standard InChI is InChI=1S/C23H24N6O/c1-17-16-20(30)29-21(18-8-4-2-5-9-18)25-22(26-23(29)24-17)28-14-12-27(13-15-28)19-10-6-3-7-11-19/h2-11,16,21H,12-15H2,1H3,(H,24,25,26)/t21-/m1/s1. The molecule has 2 aromatic carbocycles. The number of piperazine rings is 1. The van der Waals surface area contributed by atoms with Crippen molar-refractivity contribution in [1.29, 1.82) is 0 Å². The van der Waals surface area contributed by atoms with E-state index in [1.807, 2.05) is 43.3 Å². The quantitative estimate of drug-likeness (QED) is 0.717. The maximum atomic E-state index is 12.7. The van der Waals surface area contributed by atoms with Gasteiger partial charge in [0.15, 0.2) is 6.17 Å². The Morgan fingerprint density at radius 1 is 0.900 bits per heavy atom. The van der Waals surface area contributed by atoms with Crippen LogP contribution < -0.4 is 15.8 Å². The molecule has 0 saturated carbocycles. The molecule has 1 N–H and O–H groups in total. The molecule has 0 unspecified atom stereocenters. The first-order valence-electron chi connectivity index (χ1n) is 10.2. The summed E-state index contributed by atoms with van der Waals surface area (Å²) in [6, 6.07) is 21.9. The van der Waals surface area contributed by atoms with Crippen molar-refractivity contribution in [2.45, 2.75) is 13.1 Å². The highest BCUT2D eigenvalue weighted by Gasteiger charge is 2.29. The minimum absolute atomic E-state index is 0.101. The van der Waals surface area contributed by atoms with Crippen molar-refractivity contribution in [2.75, 3.05) is 36.4 Å². The molecule has 0 amide bonds. The third kappa shape index (κ3) is 3.43. The molecule has 2 aliphatic rings. The minimum Gasteiger partial charge on any atom is -0.368 e. The van der Waals surface area contributed by atoms with Crippen LogP contribution in [-0.4, -0.2) is 46.6 Å². The van der Waals surface area contributed by atoms with Crippen LogP contribution in [0.5, 0.6) is 0 Å². The monoisotopic (exact) mass is 400 g/mol. The molecule has 1 saturated heterocycles. The summed E-state index contributed by atoms with van der Waals surface area (Å²) in [6.07, 6.45) is -0.426. The highest BCUT2D eigenvalue weighted by molar-refractivity contribution is 5.93. The fourth-order valence-electron chi connectivity index (χ4n) is 4.06. The molecule has 1 atom stereocenters. The Hall–Kier alpha value is -3.61. The Morgan fingerprint density at radius 2 is 1.53 bits per heavy atom. The van der Waals surface area contributed by atoms with E-state index in [2.05, 4.69) is 44.4 Å². The van der Waals surface area contributed by atoms with Gasteiger partial charge in [0.25, 0.3) is 5.56 Å². The number of aryl methyl sites for hydroxylation is 1. The third-order valence-corrected chi connectivity index (χ3v) is 5.59. The van der Waals surface area contributed by atoms with Crippen molar-refractivity contribution in [3.8, 4) is 0 Å². The summed E-state index contributed by atoms with van der Waals surface area (Å²) in [5.74, 6) is 1.32. The predicted octanol–water partition coefficient (Wildman–Crippen LogP) is 2.70. The van der Waals surface area contributed by atoms with Crippen molar-refractivity contribution < 1.29 is 0 Å². The number of fused-ring (bicyclic) bond motifs is 1. The van der Waals surface area contributed by atoms with Gasteiger partial charge >= 0.3 is 0 Å². The van der Waals surface area contributed by atoms with E-state index in [-0.39, 0.29) is 5.56 Å². The Labute approximate surface area is 175 Å². The number of nitrogens with one attached hydrogen (secondary N) is 1. The number of aromatic nitrogens is 2. The largest absolute Gasteiger partial charge is 0.368 e. The maximum Gasteiger partial charge on any atom is 0.257 e. The normalized spacial score (nSPS) is 18.4. The summed E-state index contributed by atoms with van der Waals surface area (Å²) in [5, 5.41) is 3.31. The lowest BCUT2D eigenvalue weighted by atomic mass is 10.1. The molecule has 0 aliphatic carbocycles. The summed E-state index contributed by atoms with van der Waals surface area (Å²) >= 11 is 0. The molecule has 1 aromatic heterocycles. The van der Waals surface area contributed by atoms with Crippen LogP contribution in [0.1, 0.15) is 17.4 Å². The summed E-state index contributed by atoms with van der Waals surface area (Å²) in [4.78, 5) is 26.9. The van der Waals surface area contributed by atoms with Crippen LogP contribution >= 0.6 is 0 Å². The van der Waals surface area contributed by atoms with Gasteiger partial charge in [-0.1, -0.05) is 48.5 Å². The van der Waals surface area contributed by atoms with Crippen LogP contribution in [0.15, 0.2) is 76.5 Å². The number of rotatable bonds is 2. The first-order valence-corrected chi connectivity index (χ1v) is 10.2. The van der Waals surface area contributed by atoms with Crippen LogP contribution in [0.3, 0.4) is 0 Å². The zero-order chi connectivity index (χ0) is 20.5. The summed E-state index contributed by atoms with van der Waals surface area (Å²) in [5.41, 5.74) is 2.80. The lowest BCUT2D eigenvalue weighted by Gasteiger charge is -2.39. The predicted molar refractivity (Wildman–Crippen MR) is 119 cm³/mol. The summed E-state index contributed by atoms with van der Waals surface area (Å²) in [6.45, 7) is 5.35. The zero-order valence-corrected chi connectivity index (χ0v) is 16.9. The second kappa shape index (κ2) is 7.67. The van der Waals surface area contributed by atoms with Gasteiger partial charge in [-0.15, -0.1) is 0 Å². The topological polar surface area (TPSA) is 65.8 Å². The molecule has 30 heavy (non-hydrogen) atoms. The van der Waals surface area contributed by atoms with Crippen LogP contribution in [0.4, 0.5) is 11.6 Å². The second-order valence-corrected chi connectivity index (χ2v) is 7.60. The maximum absolute atomic E-state index is 12.7. The van der Waals surface area contributed by atoms with E-state index in [9.17, 15) is 4.79 Å². The van der Waals surface area contributed by atoms with Crippen molar-refractivity contribution in [3.05, 3.63) is 88.3 Å². The number of para-hydroxylation sites is 1. The average molecular weight is 400 g/mol. The fourth-order valence-corrected chi connectivity index (χ4v) is 4.06. The van der Waals surface area contributed by atoms with E-state index in [4.69, 9.17) is 4.99 Å². The molecule has 3 heterocycles. The molecule has 5 rings (SSSR count). The molecular weight excluding hydrogens is 376 g/mol. The van der Waals surface area contributed by atoms with Crippen LogP contribution in [0.25, 0.3) is 0 Å². The van der Waals surface area contributed by atoms with Gasteiger partial charge in [-0.3, -0.25) is 14.7 Å². The zero-order valence-electron chi connectivity index (χ0n) is 16.9. The minimum atomic E-state index is -0.426. The van der Waals surface area contributed by atoms with E-state index in [1.54, 1.807) is 10.6 Å². The Kier molecular flexibility index (Phi) is 4.71. The Morgan fingerprint density at radius 3 is 2.23 bits per heavy atom. The smallest absolute Gasteiger partial charge is 0.257 e. The number of anilines is 2. The number of benzene rings is 2. The van der Waals surface area contributed by atoms with Gasteiger partial charge in [0.05, 0.1) is 0 Å². The molecule has 1 fully saturated rings. The van der Waals surface area contributed by atoms with Gasteiger partial charge in [0.1, 0.15) is 0 Å². The van der Waals surface area contributed by atoms with Crippen molar-refractivity contribution in [3.63, 3.8) is 0 Å².